The first-order valence-electron chi connectivity index (χ1n) is 14.7. The second-order valence-electron chi connectivity index (χ2n) is 12.3. The molecule has 0 radical (unpaired) electrons. The molecule has 39 heavy (non-hydrogen) atoms. The Balaban J connectivity index is 1.93. The van der Waals surface area contributed by atoms with E-state index in [2.05, 4.69) is 65.3 Å². The number of rotatable bonds is 10. The van der Waals surface area contributed by atoms with Gasteiger partial charge in [0.05, 0.1) is 25.0 Å². The molecule has 1 aliphatic carbocycles. The number of carboxylic acids is 1. The van der Waals surface area contributed by atoms with Crippen molar-refractivity contribution in [1.82, 2.24) is 4.57 Å². The van der Waals surface area contributed by atoms with Crippen LogP contribution in [0.3, 0.4) is 0 Å². The Labute approximate surface area is 235 Å². The second kappa shape index (κ2) is 11.9. The summed E-state index contributed by atoms with van der Waals surface area (Å²) < 4.78 is 15.0. The summed E-state index contributed by atoms with van der Waals surface area (Å²) in [6.45, 7) is 14.5. The monoisotopic (exact) mass is 549 g/mol. The average Bonchev–Trinajstić information content (AvgIpc) is 3.20. The molecule has 0 amide bonds. The minimum atomic E-state index is -2.09. The van der Waals surface area contributed by atoms with Crippen molar-refractivity contribution in [3.05, 3.63) is 53.1 Å². The van der Waals surface area contributed by atoms with E-state index in [-0.39, 0.29) is 0 Å². The van der Waals surface area contributed by atoms with Gasteiger partial charge in [-0.2, -0.15) is 0 Å². The Morgan fingerprint density at radius 2 is 1.62 bits per heavy atom. The molecule has 1 aliphatic rings. The van der Waals surface area contributed by atoms with Gasteiger partial charge >= 0.3 is 5.97 Å². The summed E-state index contributed by atoms with van der Waals surface area (Å²) in [5.41, 5.74) is 7.63. The van der Waals surface area contributed by atoms with Gasteiger partial charge in [0.25, 0.3) is 0 Å². The zero-order valence-electron chi connectivity index (χ0n) is 25.1. The lowest BCUT2D eigenvalue weighted by molar-refractivity contribution is 0.0697. The van der Waals surface area contributed by atoms with Crippen LogP contribution in [0.1, 0.15) is 101 Å². The van der Waals surface area contributed by atoms with Crippen LogP contribution in [0.25, 0.3) is 22.2 Å². The Morgan fingerprint density at radius 3 is 2.18 bits per heavy atom. The van der Waals surface area contributed by atoms with Gasteiger partial charge in [-0.25, -0.2) is 4.79 Å². The predicted octanol–water partition coefficient (Wildman–Crippen LogP) is 9.29. The Kier molecular flexibility index (Phi) is 8.97. The van der Waals surface area contributed by atoms with Gasteiger partial charge in [-0.1, -0.05) is 66.9 Å². The SMILES string of the molecule is COc1ccc(-c2c(C3CCCCC3)c3ccc(C(=O)O)cc3n2C)c(CO[Si](C(C)C)(C(C)C)C(C)C)c1. The molecule has 212 valence electrons. The number of aromatic carboxylic acids is 1. The number of benzene rings is 2. The summed E-state index contributed by atoms with van der Waals surface area (Å²) >= 11 is 0. The fraction of sp³-hybridized carbons (Fsp3) is 0.545. The van der Waals surface area contributed by atoms with Crippen molar-refractivity contribution in [3.63, 3.8) is 0 Å². The fourth-order valence-electron chi connectivity index (χ4n) is 7.48. The summed E-state index contributed by atoms with van der Waals surface area (Å²) in [5, 5.41) is 10.9. The van der Waals surface area contributed by atoms with Gasteiger partial charge in [0.15, 0.2) is 0 Å². The van der Waals surface area contributed by atoms with Crippen LogP contribution in [0.2, 0.25) is 16.6 Å². The van der Waals surface area contributed by atoms with E-state index in [1.54, 1.807) is 13.2 Å². The third-order valence-electron chi connectivity index (χ3n) is 9.25. The number of aromatic nitrogens is 1. The van der Waals surface area contributed by atoms with Gasteiger partial charge in [0.2, 0.25) is 8.32 Å². The number of methoxy groups -OCH3 is 1. The van der Waals surface area contributed by atoms with Crippen molar-refractivity contribution >= 4 is 25.2 Å². The Hall–Kier alpha value is -2.57. The molecule has 6 heteroatoms. The van der Waals surface area contributed by atoms with Gasteiger partial charge in [-0.3, -0.25) is 0 Å². The molecular formula is C33H47NO4Si. The molecule has 4 rings (SSSR count). The Morgan fingerprint density at radius 1 is 0.974 bits per heavy atom. The number of carboxylic acid groups (broad SMARTS) is 1. The maximum atomic E-state index is 11.9. The van der Waals surface area contributed by atoms with E-state index in [1.807, 2.05) is 18.2 Å². The molecule has 1 N–H and O–H groups in total. The van der Waals surface area contributed by atoms with Crippen molar-refractivity contribution in [1.29, 1.82) is 0 Å². The smallest absolute Gasteiger partial charge is 0.335 e. The number of ether oxygens (including phenoxy) is 1. The minimum absolute atomic E-state index is 0.324. The molecule has 0 aliphatic heterocycles. The molecule has 2 aromatic carbocycles. The largest absolute Gasteiger partial charge is 0.497 e. The van der Waals surface area contributed by atoms with E-state index in [4.69, 9.17) is 9.16 Å². The van der Waals surface area contributed by atoms with Crippen LogP contribution in [-0.2, 0) is 18.1 Å². The van der Waals surface area contributed by atoms with Crippen LogP contribution in [0.4, 0.5) is 0 Å². The van der Waals surface area contributed by atoms with Crippen LogP contribution in [0, 0.1) is 0 Å². The second-order valence-corrected chi connectivity index (χ2v) is 17.8. The standard InChI is InChI=1S/C33H47NO4Si/c1-21(2)39(22(3)4,23(5)6)38-20-26-18-27(37-8)15-17-28(26)32-31(24-12-10-9-11-13-24)29-16-14-25(33(35)36)19-30(29)34(32)7/h14-19,21-24H,9-13,20H2,1-8H3,(H,35,36). The molecular weight excluding hydrogens is 502 g/mol. The topological polar surface area (TPSA) is 60.7 Å². The van der Waals surface area contributed by atoms with Crippen LogP contribution in [0.5, 0.6) is 5.75 Å². The number of carbonyl (C=O) groups is 1. The molecule has 3 aromatic rings. The maximum Gasteiger partial charge on any atom is 0.335 e. The molecule has 0 spiro atoms. The van der Waals surface area contributed by atoms with Crippen LogP contribution >= 0.6 is 0 Å². The highest BCUT2D eigenvalue weighted by molar-refractivity contribution is 6.77. The van der Waals surface area contributed by atoms with E-state index in [0.29, 0.717) is 34.7 Å². The van der Waals surface area contributed by atoms with E-state index in [0.717, 1.165) is 22.4 Å². The number of hydrogen-bond acceptors (Lipinski definition) is 3. The van der Waals surface area contributed by atoms with Crippen molar-refractivity contribution in [2.24, 2.45) is 7.05 Å². The third kappa shape index (κ3) is 5.42. The number of fused-ring (bicyclic) bond motifs is 1. The van der Waals surface area contributed by atoms with Crippen molar-refractivity contribution in [2.75, 3.05) is 7.11 Å². The molecule has 1 aromatic heterocycles. The molecule has 0 unspecified atom stereocenters. The zero-order chi connectivity index (χ0) is 28.5. The first-order chi connectivity index (χ1) is 18.5. The lowest BCUT2D eigenvalue weighted by atomic mass is 9.81. The highest BCUT2D eigenvalue weighted by Crippen LogP contribution is 2.47. The average molecular weight is 550 g/mol. The number of aryl methyl sites for hydroxylation is 1. The van der Waals surface area contributed by atoms with Crippen molar-refractivity contribution in [3.8, 4) is 17.0 Å². The van der Waals surface area contributed by atoms with E-state index in [1.165, 1.54) is 48.7 Å². The molecule has 1 saturated carbocycles. The van der Waals surface area contributed by atoms with Gasteiger partial charge < -0.3 is 18.8 Å². The van der Waals surface area contributed by atoms with Crippen LogP contribution < -0.4 is 4.74 Å². The summed E-state index contributed by atoms with van der Waals surface area (Å²) in [5.74, 6) is 0.392. The molecule has 5 nitrogen and oxygen atoms in total. The first kappa shape index (κ1) is 29.4. The molecule has 1 fully saturated rings. The maximum absolute atomic E-state index is 11.9. The summed E-state index contributed by atoms with van der Waals surface area (Å²) in [4.78, 5) is 11.9. The number of nitrogens with zero attached hydrogens (tertiary/aromatic N) is 1. The minimum Gasteiger partial charge on any atom is -0.497 e. The van der Waals surface area contributed by atoms with E-state index in [9.17, 15) is 9.90 Å². The number of hydrogen-bond donors (Lipinski definition) is 1. The Bertz CT molecular complexity index is 1300. The van der Waals surface area contributed by atoms with Gasteiger partial charge in [-0.05, 0) is 76.8 Å². The van der Waals surface area contributed by atoms with E-state index >= 15 is 0 Å². The zero-order valence-corrected chi connectivity index (χ0v) is 26.1. The summed E-state index contributed by atoms with van der Waals surface area (Å²) in [7, 11) is 1.71. The fourth-order valence-corrected chi connectivity index (χ4v) is 12.9. The first-order valence-corrected chi connectivity index (χ1v) is 16.8. The van der Waals surface area contributed by atoms with Gasteiger partial charge in [0.1, 0.15) is 5.75 Å². The van der Waals surface area contributed by atoms with Crippen molar-refractivity contribution in [2.45, 2.75) is 103 Å². The predicted molar refractivity (Wildman–Crippen MR) is 164 cm³/mol. The van der Waals surface area contributed by atoms with Crippen molar-refractivity contribution < 1.29 is 19.1 Å². The molecule has 0 atom stereocenters. The lowest BCUT2D eigenvalue weighted by Crippen LogP contribution is -2.47. The highest BCUT2D eigenvalue weighted by Gasteiger charge is 2.45. The lowest BCUT2D eigenvalue weighted by Gasteiger charge is -2.42. The highest BCUT2D eigenvalue weighted by atomic mass is 28.4. The molecule has 0 bridgehead atoms. The van der Waals surface area contributed by atoms with Gasteiger partial charge in [0, 0.05) is 23.5 Å². The van der Waals surface area contributed by atoms with Crippen LogP contribution in [0.15, 0.2) is 36.4 Å². The molecule has 1 heterocycles. The summed E-state index contributed by atoms with van der Waals surface area (Å²) in [6.07, 6.45) is 6.08. The summed E-state index contributed by atoms with van der Waals surface area (Å²) in [6, 6.07) is 12.0. The van der Waals surface area contributed by atoms with Gasteiger partial charge in [-0.15, -0.1) is 0 Å². The van der Waals surface area contributed by atoms with Crippen LogP contribution in [-0.4, -0.2) is 31.1 Å². The normalized spacial score (nSPS) is 15.2. The van der Waals surface area contributed by atoms with E-state index < -0.39 is 14.3 Å². The third-order valence-corrected chi connectivity index (χ3v) is 15.3. The quantitative estimate of drug-likeness (QED) is 0.256. The molecule has 0 saturated heterocycles.